The molecule has 2 heterocycles. The summed E-state index contributed by atoms with van der Waals surface area (Å²) < 4.78 is 13.5. The van der Waals surface area contributed by atoms with Gasteiger partial charge in [-0.15, -0.1) is 0 Å². The number of aromatic nitrogens is 2. The number of ether oxygens (including phenoxy) is 2. The maximum Gasteiger partial charge on any atom is 0.191 e. The van der Waals surface area contributed by atoms with Gasteiger partial charge < -0.3 is 20.1 Å². The summed E-state index contributed by atoms with van der Waals surface area (Å²) in [7, 11) is 0. The van der Waals surface area contributed by atoms with Crippen LogP contribution in [0.1, 0.15) is 30.0 Å². The summed E-state index contributed by atoms with van der Waals surface area (Å²) in [5, 5.41) is 11.0. The summed E-state index contributed by atoms with van der Waals surface area (Å²) in [6.07, 6.45) is 4.98. The Bertz CT molecular complexity index is 796. The molecule has 7 heteroatoms. The molecule has 0 amide bonds. The second-order valence-electron chi connectivity index (χ2n) is 7.55. The lowest BCUT2D eigenvalue weighted by Crippen LogP contribution is -2.38. The molecule has 1 unspecified atom stereocenters. The molecule has 1 aliphatic rings. The average Bonchev–Trinajstić information content (AvgIpc) is 3.37. The molecule has 2 N–H and O–H groups in total. The molecule has 0 bridgehead atoms. The Morgan fingerprint density at radius 3 is 2.93 bits per heavy atom. The van der Waals surface area contributed by atoms with Gasteiger partial charge in [0.25, 0.3) is 0 Å². The zero-order valence-corrected chi connectivity index (χ0v) is 17.8. The van der Waals surface area contributed by atoms with Crippen molar-refractivity contribution < 1.29 is 9.47 Å². The number of nitrogens with zero attached hydrogens (tertiary/aromatic N) is 3. The van der Waals surface area contributed by atoms with Gasteiger partial charge in [-0.2, -0.15) is 5.10 Å². The van der Waals surface area contributed by atoms with Crippen LogP contribution in [0.25, 0.3) is 0 Å². The highest BCUT2D eigenvalue weighted by Gasteiger charge is 2.17. The monoisotopic (exact) mass is 399 g/mol. The molecule has 0 spiro atoms. The number of hydrogen-bond acceptors (Lipinski definition) is 4. The third-order valence-electron chi connectivity index (χ3n) is 4.87. The van der Waals surface area contributed by atoms with Gasteiger partial charge in [0.15, 0.2) is 5.96 Å². The van der Waals surface area contributed by atoms with Gasteiger partial charge >= 0.3 is 0 Å². The standard InChI is InChI=1S/C22H33N5O2/c1-4-23-22(24-8-9-27-14-18(3)12-26-27)25-13-20-6-5-17(2)11-21(20)29-16-19-7-10-28-15-19/h5-6,11-12,14,19H,4,7-10,13,15-16H2,1-3H3,(H2,23,24,25). The van der Waals surface area contributed by atoms with Crippen LogP contribution in [0, 0.1) is 19.8 Å². The fraction of sp³-hybridized carbons (Fsp3) is 0.545. The van der Waals surface area contributed by atoms with Crippen LogP contribution >= 0.6 is 0 Å². The van der Waals surface area contributed by atoms with Crippen molar-refractivity contribution in [3.05, 3.63) is 47.3 Å². The van der Waals surface area contributed by atoms with Crippen LogP contribution in [0.3, 0.4) is 0 Å². The number of nitrogens with one attached hydrogen (secondary N) is 2. The highest BCUT2D eigenvalue weighted by atomic mass is 16.5. The Morgan fingerprint density at radius 2 is 2.21 bits per heavy atom. The third kappa shape index (κ3) is 6.78. The van der Waals surface area contributed by atoms with Crippen LogP contribution < -0.4 is 15.4 Å². The number of rotatable bonds is 9. The van der Waals surface area contributed by atoms with E-state index in [1.165, 1.54) is 11.1 Å². The maximum absolute atomic E-state index is 6.13. The normalized spacial score (nSPS) is 16.8. The van der Waals surface area contributed by atoms with Crippen LogP contribution in [0.2, 0.25) is 0 Å². The van der Waals surface area contributed by atoms with Gasteiger partial charge in [0, 0.05) is 37.4 Å². The van der Waals surface area contributed by atoms with Crippen molar-refractivity contribution in [2.75, 3.05) is 32.9 Å². The van der Waals surface area contributed by atoms with E-state index in [4.69, 9.17) is 14.5 Å². The highest BCUT2D eigenvalue weighted by Crippen LogP contribution is 2.23. The topological polar surface area (TPSA) is 72.7 Å². The first kappa shape index (κ1) is 21.2. The molecule has 1 saturated heterocycles. The van der Waals surface area contributed by atoms with E-state index in [9.17, 15) is 0 Å². The lowest BCUT2D eigenvalue weighted by atomic mass is 10.1. The van der Waals surface area contributed by atoms with Crippen LogP contribution in [-0.2, 0) is 17.8 Å². The van der Waals surface area contributed by atoms with Crippen molar-refractivity contribution in [3.63, 3.8) is 0 Å². The Morgan fingerprint density at radius 1 is 1.31 bits per heavy atom. The Balaban J connectivity index is 1.58. The number of aliphatic imine (C=N–C) groups is 1. The number of guanidine groups is 1. The first-order valence-electron chi connectivity index (χ1n) is 10.5. The summed E-state index contributed by atoms with van der Waals surface area (Å²) in [6.45, 7) is 11.5. The van der Waals surface area contributed by atoms with Crippen molar-refractivity contribution in [2.24, 2.45) is 10.9 Å². The van der Waals surface area contributed by atoms with E-state index in [-0.39, 0.29) is 0 Å². The van der Waals surface area contributed by atoms with Crippen molar-refractivity contribution in [1.29, 1.82) is 0 Å². The highest BCUT2D eigenvalue weighted by molar-refractivity contribution is 5.79. The molecule has 158 valence electrons. The first-order valence-corrected chi connectivity index (χ1v) is 10.5. The molecule has 7 nitrogen and oxygen atoms in total. The van der Waals surface area contributed by atoms with Crippen molar-refractivity contribution in [3.8, 4) is 5.75 Å². The summed E-state index contributed by atoms with van der Waals surface area (Å²) in [4.78, 5) is 4.75. The summed E-state index contributed by atoms with van der Waals surface area (Å²) in [5.74, 6) is 2.20. The molecule has 2 aromatic rings. The predicted octanol–water partition coefficient (Wildman–Crippen LogP) is 2.67. The molecule has 29 heavy (non-hydrogen) atoms. The van der Waals surface area contributed by atoms with Gasteiger partial charge in [0.05, 0.1) is 32.5 Å². The van der Waals surface area contributed by atoms with Crippen molar-refractivity contribution in [2.45, 2.75) is 40.3 Å². The Kier molecular flexibility index (Phi) is 7.93. The fourth-order valence-electron chi connectivity index (χ4n) is 3.23. The second kappa shape index (κ2) is 10.9. The fourth-order valence-corrected chi connectivity index (χ4v) is 3.23. The van der Waals surface area contributed by atoms with E-state index in [1.54, 1.807) is 0 Å². The van der Waals surface area contributed by atoms with Gasteiger partial charge in [0.1, 0.15) is 5.75 Å². The second-order valence-corrected chi connectivity index (χ2v) is 7.55. The smallest absolute Gasteiger partial charge is 0.191 e. The molecular formula is C22H33N5O2. The Labute approximate surface area is 173 Å². The molecule has 3 rings (SSSR count). The van der Waals surface area contributed by atoms with E-state index in [2.05, 4.69) is 47.8 Å². The maximum atomic E-state index is 6.13. The summed E-state index contributed by atoms with van der Waals surface area (Å²) >= 11 is 0. The molecule has 0 aliphatic carbocycles. The molecule has 1 aromatic carbocycles. The quantitative estimate of drug-likeness (QED) is 0.501. The predicted molar refractivity (Wildman–Crippen MR) is 115 cm³/mol. The Hall–Kier alpha value is -2.54. The van der Waals surface area contributed by atoms with E-state index in [1.807, 2.05) is 24.0 Å². The number of aryl methyl sites for hydroxylation is 2. The van der Waals surface area contributed by atoms with Gasteiger partial charge in [-0.05, 0) is 44.4 Å². The largest absolute Gasteiger partial charge is 0.493 e. The average molecular weight is 400 g/mol. The minimum atomic E-state index is 0.483. The molecule has 1 fully saturated rings. The molecule has 1 aliphatic heterocycles. The molecular weight excluding hydrogens is 366 g/mol. The lowest BCUT2D eigenvalue weighted by molar-refractivity contribution is 0.166. The zero-order chi connectivity index (χ0) is 20.5. The van der Waals surface area contributed by atoms with Crippen molar-refractivity contribution in [1.82, 2.24) is 20.4 Å². The van der Waals surface area contributed by atoms with Crippen LogP contribution in [0.4, 0.5) is 0 Å². The van der Waals surface area contributed by atoms with Gasteiger partial charge in [-0.25, -0.2) is 4.99 Å². The molecule has 1 aromatic heterocycles. The van der Waals surface area contributed by atoms with Crippen molar-refractivity contribution >= 4 is 5.96 Å². The zero-order valence-electron chi connectivity index (χ0n) is 17.8. The molecule has 0 radical (unpaired) electrons. The number of benzene rings is 1. The summed E-state index contributed by atoms with van der Waals surface area (Å²) in [5.41, 5.74) is 3.45. The molecule has 0 saturated carbocycles. The van der Waals surface area contributed by atoms with Gasteiger partial charge in [-0.3, -0.25) is 4.68 Å². The minimum Gasteiger partial charge on any atom is -0.493 e. The minimum absolute atomic E-state index is 0.483. The summed E-state index contributed by atoms with van der Waals surface area (Å²) in [6, 6.07) is 6.31. The van der Waals surface area contributed by atoms with Crippen LogP contribution in [-0.4, -0.2) is 48.7 Å². The van der Waals surface area contributed by atoms with E-state index in [0.717, 1.165) is 56.5 Å². The van der Waals surface area contributed by atoms with E-state index in [0.29, 0.717) is 19.1 Å². The third-order valence-corrected chi connectivity index (χ3v) is 4.87. The van der Waals surface area contributed by atoms with Crippen LogP contribution in [0.5, 0.6) is 5.75 Å². The molecule has 1 atom stereocenters. The first-order chi connectivity index (χ1) is 14.1. The van der Waals surface area contributed by atoms with E-state index < -0.39 is 0 Å². The van der Waals surface area contributed by atoms with E-state index >= 15 is 0 Å². The lowest BCUT2D eigenvalue weighted by Gasteiger charge is -2.15. The SMILES string of the molecule is CCNC(=NCc1ccc(C)cc1OCC1CCOC1)NCCn1cc(C)cn1. The van der Waals surface area contributed by atoms with Crippen LogP contribution in [0.15, 0.2) is 35.6 Å². The number of hydrogen-bond donors (Lipinski definition) is 2. The van der Waals surface area contributed by atoms with Gasteiger partial charge in [0.2, 0.25) is 0 Å². The van der Waals surface area contributed by atoms with Gasteiger partial charge in [-0.1, -0.05) is 12.1 Å².